The average molecular weight is 824 g/mol. The van der Waals surface area contributed by atoms with Crippen molar-refractivity contribution in [1.29, 1.82) is 0 Å². The minimum Gasteiger partial charge on any atom is -0.344 e. The number of likely N-dealkylation sites (N-methyl/N-ethyl adjacent to an activating group) is 1. The number of halogens is 8. The van der Waals surface area contributed by atoms with Gasteiger partial charge in [-0.15, -0.1) is 0 Å². The monoisotopic (exact) mass is 822 g/mol. The molecule has 56 heavy (non-hydrogen) atoms. The number of nitrogens with zero attached hydrogens (tertiary/aromatic N) is 2. The van der Waals surface area contributed by atoms with Gasteiger partial charge < -0.3 is 15.5 Å². The highest BCUT2D eigenvalue weighted by Crippen LogP contribution is 2.38. The lowest BCUT2D eigenvalue weighted by Gasteiger charge is -2.28. The molecule has 14 heteroatoms. The molecule has 6 nitrogen and oxygen atoms in total. The molecular formula is C42H46Cl2F6N4O2. The zero-order chi connectivity index (χ0) is 41.4. The third-order valence-electron chi connectivity index (χ3n) is 9.79. The van der Waals surface area contributed by atoms with Gasteiger partial charge in [0.05, 0.1) is 44.4 Å². The first-order chi connectivity index (χ1) is 26.3. The first-order valence-electron chi connectivity index (χ1n) is 18.1. The van der Waals surface area contributed by atoms with Crippen LogP contribution in [0.3, 0.4) is 0 Å². The molecule has 1 saturated heterocycles. The first-order valence-corrected chi connectivity index (χ1v) is 18.9. The lowest BCUT2D eigenvalue weighted by Crippen LogP contribution is -2.39. The SMILES string of the molecule is CC(C)N(C)C[C@@H](NC(=O)c1cccc(C(F)(F)F)c1Cl)c1ccccc1.CC1CC(C)N(C[C@@H](NC(=O)c2cccc(C(F)(F)F)c2Cl)c2ccccc2)C1. The lowest BCUT2D eigenvalue weighted by atomic mass is 10.0. The van der Waals surface area contributed by atoms with Gasteiger partial charge in [-0.3, -0.25) is 14.5 Å². The van der Waals surface area contributed by atoms with Crippen LogP contribution >= 0.6 is 23.2 Å². The average Bonchev–Trinajstić information content (AvgIpc) is 3.46. The first kappa shape index (κ1) is 44.6. The number of carbonyl (C=O) groups excluding carboxylic acids is 2. The van der Waals surface area contributed by atoms with E-state index in [9.17, 15) is 35.9 Å². The predicted octanol–water partition coefficient (Wildman–Crippen LogP) is 10.7. The predicted molar refractivity (Wildman–Crippen MR) is 209 cm³/mol. The molecule has 302 valence electrons. The molecule has 1 aliphatic rings. The van der Waals surface area contributed by atoms with Crippen molar-refractivity contribution in [2.75, 3.05) is 26.7 Å². The lowest BCUT2D eigenvalue weighted by molar-refractivity contribution is -0.138. The van der Waals surface area contributed by atoms with Crippen molar-refractivity contribution in [3.8, 4) is 0 Å². The summed E-state index contributed by atoms with van der Waals surface area (Å²) in [4.78, 5) is 29.9. The standard InChI is InChI=1S/C22H24ClF3N2O.C20H22ClF3N2O/c1-14-11-15(2)28(12-14)13-19(16-7-4-3-5-8-16)27-21(29)17-9-6-10-18(20(17)23)22(24,25)26;1-13(2)26(3)12-17(14-8-5-4-6-9-14)25-19(27)15-10-7-11-16(18(15)21)20(22,23)24/h3-10,14-15,19H,11-13H2,1-2H3,(H,27,29);4-11,13,17H,12H2,1-3H3,(H,25,27)/t14?,15?,19-;17-/m11/s1. The number of alkyl halides is 6. The summed E-state index contributed by atoms with van der Waals surface area (Å²) in [7, 11) is 1.92. The molecule has 0 aliphatic carbocycles. The van der Waals surface area contributed by atoms with E-state index in [1.165, 1.54) is 24.3 Å². The van der Waals surface area contributed by atoms with Gasteiger partial charge in [0.1, 0.15) is 0 Å². The van der Waals surface area contributed by atoms with Crippen molar-refractivity contribution < 1.29 is 35.9 Å². The highest BCUT2D eigenvalue weighted by atomic mass is 35.5. The zero-order valence-corrected chi connectivity index (χ0v) is 33.2. The Morgan fingerprint density at radius 1 is 0.714 bits per heavy atom. The van der Waals surface area contributed by atoms with Crippen LogP contribution in [-0.4, -0.2) is 60.4 Å². The molecule has 0 bridgehead atoms. The molecule has 1 aliphatic heterocycles. The second-order valence-corrected chi connectivity index (χ2v) is 15.1. The minimum atomic E-state index is -4.62. The number of nitrogens with one attached hydrogen (secondary N) is 2. The molecule has 4 atom stereocenters. The highest BCUT2D eigenvalue weighted by molar-refractivity contribution is 6.35. The number of rotatable bonds is 11. The van der Waals surface area contributed by atoms with Gasteiger partial charge in [-0.05, 0) is 75.5 Å². The van der Waals surface area contributed by atoms with Crippen LogP contribution in [0.1, 0.15) is 89.2 Å². The van der Waals surface area contributed by atoms with Crippen LogP contribution in [0.5, 0.6) is 0 Å². The Balaban J connectivity index is 0.000000249. The van der Waals surface area contributed by atoms with Crippen LogP contribution in [0.4, 0.5) is 26.3 Å². The van der Waals surface area contributed by atoms with Crippen molar-refractivity contribution in [1.82, 2.24) is 20.4 Å². The highest BCUT2D eigenvalue weighted by Gasteiger charge is 2.36. The van der Waals surface area contributed by atoms with E-state index in [0.717, 1.165) is 36.2 Å². The van der Waals surface area contributed by atoms with E-state index in [-0.39, 0.29) is 23.2 Å². The van der Waals surface area contributed by atoms with Crippen molar-refractivity contribution in [3.05, 3.63) is 140 Å². The summed E-state index contributed by atoms with van der Waals surface area (Å²) in [6.45, 7) is 10.4. The second kappa shape index (κ2) is 19.4. The molecule has 0 spiro atoms. The normalized spacial score (nSPS) is 17.3. The summed E-state index contributed by atoms with van der Waals surface area (Å²) >= 11 is 11.8. The molecule has 5 rings (SSSR count). The number of benzene rings is 4. The Morgan fingerprint density at radius 3 is 1.54 bits per heavy atom. The molecule has 1 fully saturated rings. The molecule has 0 saturated carbocycles. The third-order valence-corrected chi connectivity index (χ3v) is 10.6. The summed E-state index contributed by atoms with van der Waals surface area (Å²) in [5.41, 5.74) is -0.639. The summed E-state index contributed by atoms with van der Waals surface area (Å²) in [6.07, 6.45) is -8.16. The van der Waals surface area contributed by atoms with Crippen LogP contribution in [-0.2, 0) is 12.4 Å². The van der Waals surface area contributed by atoms with Crippen LogP contribution in [0, 0.1) is 5.92 Å². The Morgan fingerprint density at radius 2 is 1.14 bits per heavy atom. The third kappa shape index (κ3) is 12.0. The van der Waals surface area contributed by atoms with E-state index in [1.54, 1.807) is 0 Å². The van der Waals surface area contributed by atoms with E-state index in [2.05, 4.69) is 29.4 Å². The van der Waals surface area contributed by atoms with Gasteiger partial charge in [0, 0.05) is 31.7 Å². The maximum absolute atomic E-state index is 13.1. The molecule has 0 aromatic heterocycles. The van der Waals surface area contributed by atoms with Gasteiger partial charge in [0.2, 0.25) is 0 Å². The van der Waals surface area contributed by atoms with E-state index < -0.39 is 51.4 Å². The fourth-order valence-corrected chi connectivity index (χ4v) is 7.18. The summed E-state index contributed by atoms with van der Waals surface area (Å²) in [5.74, 6) is -0.693. The molecular weight excluding hydrogens is 777 g/mol. The molecule has 2 amide bonds. The van der Waals surface area contributed by atoms with Gasteiger partial charge in [-0.25, -0.2) is 0 Å². The molecule has 4 aromatic rings. The number of hydrogen-bond acceptors (Lipinski definition) is 4. The summed E-state index contributed by atoms with van der Waals surface area (Å²) in [6, 6.07) is 25.3. The van der Waals surface area contributed by atoms with Crippen molar-refractivity contribution >= 4 is 35.0 Å². The maximum atomic E-state index is 13.1. The molecule has 4 aromatic carbocycles. The van der Waals surface area contributed by atoms with Gasteiger partial charge in [0.25, 0.3) is 11.8 Å². The van der Waals surface area contributed by atoms with Crippen molar-refractivity contribution in [2.24, 2.45) is 5.92 Å². The Labute approximate surface area is 334 Å². The Bertz CT molecular complexity index is 1910. The molecule has 2 unspecified atom stereocenters. The molecule has 1 heterocycles. The molecule has 0 radical (unpaired) electrons. The van der Waals surface area contributed by atoms with Gasteiger partial charge in [0.15, 0.2) is 0 Å². The van der Waals surface area contributed by atoms with E-state index in [4.69, 9.17) is 23.2 Å². The zero-order valence-electron chi connectivity index (χ0n) is 31.7. The van der Waals surface area contributed by atoms with Crippen molar-refractivity contribution in [3.63, 3.8) is 0 Å². The van der Waals surface area contributed by atoms with Crippen molar-refractivity contribution in [2.45, 2.75) is 70.6 Å². The fraction of sp³-hybridized carbons (Fsp3) is 0.381. The molecule has 2 N–H and O–H groups in total. The number of hydrogen-bond donors (Lipinski definition) is 2. The summed E-state index contributed by atoms with van der Waals surface area (Å²) in [5, 5.41) is 4.55. The number of carbonyl (C=O) groups is 2. The summed E-state index contributed by atoms with van der Waals surface area (Å²) < 4.78 is 78.6. The number of amides is 2. The van der Waals surface area contributed by atoms with Gasteiger partial charge >= 0.3 is 12.4 Å². The topological polar surface area (TPSA) is 64.7 Å². The van der Waals surface area contributed by atoms with E-state index in [1.807, 2.05) is 86.5 Å². The smallest absolute Gasteiger partial charge is 0.344 e. The van der Waals surface area contributed by atoms with E-state index >= 15 is 0 Å². The number of likely N-dealkylation sites (tertiary alicyclic amines) is 1. The largest absolute Gasteiger partial charge is 0.417 e. The second-order valence-electron chi connectivity index (χ2n) is 14.4. The maximum Gasteiger partial charge on any atom is 0.417 e. The van der Waals surface area contributed by atoms with Crippen LogP contribution in [0.25, 0.3) is 0 Å². The Kier molecular flexibility index (Phi) is 15.4. The van der Waals surface area contributed by atoms with Crippen LogP contribution < -0.4 is 10.6 Å². The Hall–Kier alpha value is -4.10. The van der Waals surface area contributed by atoms with E-state index in [0.29, 0.717) is 25.0 Å². The van der Waals surface area contributed by atoms with Gasteiger partial charge in [-0.2, -0.15) is 26.3 Å². The fourth-order valence-electron chi connectivity index (χ4n) is 6.54. The minimum absolute atomic E-state index is 0.176. The van der Waals surface area contributed by atoms with Crippen LogP contribution in [0.15, 0.2) is 97.1 Å². The van der Waals surface area contributed by atoms with Crippen LogP contribution in [0.2, 0.25) is 10.0 Å². The quantitative estimate of drug-likeness (QED) is 0.148. The van der Waals surface area contributed by atoms with Gasteiger partial charge in [-0.1, -0.05) is 103 Å².